The number of hydrogen-bond acceptors (Lipinski definition) is 1. The molecule has 1 heteroatoms. The highest BCUT2D eigenvalue weighted by Crippen LogP contribution is 2.22. The second kappa shape index (κ2) is 7.28. The third-order valence-electron chi connectivity index (χ3n) is 3.71. The Kier molecular flexibility index (Phi) is 7.26. The van der Waals surface area contributed by atoms with E-state index < -0.39 is 0 Å². The van der Waals surface area contributed by atoms with Gasteiger partial charge in [-0.1, -0.05) is 47.5 Å². The first kappa shape index (κ1) is 14.0. The Morgan fingerprint density at radius 1 is 1.00 bits per heavy atom. The molecule has 0 aromatic heterocycles. The van der Waals surface area contributed by atoms with E-state index in [1.165, 1.54) is 25.8 Å². The first-order valence-electron chi connectivity index (χ1n) is 6.26. The maximum absolute atomic E-state index is 2.51. The summed E-state index contributed by atoms with van der Waals surface area (Å²) in [6.07, 6.45) is 3.96. The van der Waals surface area contributed by atoms with Crippen LogP contribution in [-0.4, -0.2) is 24.5 Å². The van der Waals surface area contributed by atoms with Gasteiger partial charge in [-0.15, -0.1) is 0 Å². The van der Waals surface area contributed by atoms with Gasteiger partial charge in [0.05, 0.1) is 0 Å². The summed E-state index contributed by atoms with van der Waals surface area (Å²) in [4.78, 5) is 2.51. The molecule has 0 aromatic rings. The Labute approximate surface area is 90.9 Å². The molecule has 0 N–H and O–H groups in total. The van der Waals surface area contributed by atoms with Crippen molar-refractivity contribution < 1.29 is 0 Å². The molecule has 0 rings (SSSR count). The van der Waals surface area contributed by atoms with Crippen LogP contribution in [0.25, 0.3) is 0 Å². The number of nitrogens with zero attached hydrogens (tertiary/aromatic N) is 1. The predicted octanol–water partition coefficient (Wildman–Crippen LogP) is 3.79. The molecule has 0 spiro atoms. The SMILES string of the molecule is CCC(C)CC(C(C)CC)N(C)CC. The van der Waals surface area contributed by atoms with Crippen molar-refractivity contribution in [3.63, 3.8) is 0 Å². The quantitative estimate of drug-likeness (QED) is 0.603. The molecule has 3 unspecified atom stereocenters. The standard InChI is InChI=1S/C13H29N/c1-7-11(4)10-13(12(5)8-2)14(6)9-3/h11-13H,7-10H2,1-6H3. The van der Waals surface area contributed by atoms with E-state index in [0.29, 0.717) is 0 Å². The highest BCUT2D eigenvalue weighted by atomic mass is 15.1. The Morgan fingerprint density at radius 3 is 1.93 bits per heavy atom. The third kappa shape index (κ3) is 4.45. The molecule has 0 aliphatic heterocycles. The fraction of sp³-hybridized carbons (Fsp3) is 1.00. The van der Waals surface area contributed by atoms with Gasteiger partial charge < -0.3 is 4.90 Å². The Morgan fingerprint density at radius 2 is 1.57 bits per heavy atom. The van der Waals surface area contributed by atoms with Crippen LogP contribution in [0, 0.1) is 11.8 Å². The van der Waals surface area contributed by atoms with Gasteiger partial charge in [-0.25, -0.2) is 0 Å². The van der Waals surface area contributed by atoms with Crippen molar-refractivity contribution in [1.29, 1.82) is 0 Å². The molecule has 0 saturated heterocycles. The molecule has 1 nitrogen and oxygen atoms in total. The highest BCUT2D eigenvalue weighted by molar-refractivity contribution is 4.75. The molecular weight excluding hydrogens is 170 g/mol. The van der Waals surface area contributed by atoms with Gasteiger partial charge in [-0.05, 0) is 31.8 Å². The summed E-state index contributed by atoms with van der Waals surface area (Å²) in [5.41, 5.74) is 0. The van der Waals surface area contributed by atoms with Crippen LogP contribution in [0.1, 0.15) is 53.9 Å². The van der Waals surface area contributed by atoms with Crippen molar-refractivity contribution in [1.82, 2.24) is 4.90 Å². The summed E-state index contributed by atoms with van der Waals surface area (Å²) in [6.45, 7) is 12.8. The minimum atomic E-state index is 0.778. The molecule has 0 saturated carbocycles. The van der Waals surface area contributed by atoms with Crippen LogP contribution >= 0.6 is 0 Å². The zero-order valence-corrected chi connectivity index (χ0v) is 11.0. The minimum absolute atomic E-state index is 0.778. The van der Waals surface area contributed by atoms with Crippen LogP contribution in [0.5, 0.6) is 0 Å². The predicted molar refractivity (Wildman–Crippen MR) is 65.6 cm³/mol. The van der Waals surface area contributed by atoms with E-state index in [4.69, 9.17) is 0 Å². The van der Waals surface area contributed by atoms with E-state index in [9.17, 15) is 0 Å². The van der Waals surface area contributed by atoms with Gasteiger partial charge in [-0.3, -0.25) is 0 Å². The van der Waals surface area contributed by atoms with Gasteiger partial charge in [0, 0.05) is 6.04 Å². The summed E-state index contributed by atoms with van der Waals surface area (Å²) in [5.74, 6) is 1.69. The topological polar surface area (TPSA) is 3.24 Å². The lowest BCUT2D eigenvalue weighted by molar-refractivity contribution is 0.158. The Hall–Kier alpha value is -0.0400. The molecule has 0 heterocycles. The monoisotopic (exact) mass is 199 g/mol. The van der Waals surface area contributed by atoms with E-state index in [1.54, 1.807) is 0 Å². The first-order chi connectivity index (χ1) is 6.56. The first-order valence-corrected chi connectivity index (χ1v) is 6.26. The summed E-state index contributed by atoms with van der Waals surface area (Å²) < 4.78 is 0. The lowest BCUT2D eigenvalue weighted by Crippen LogP contribution is -2.37. The molecule has 0 fully saturated rings. The van der Waals surface area contributed by atoms with Crippen molar-refractivity contribution in [2.75, 3.05) is 13.6 Å². The fourth-order valence-electron chi connectivity index (χ4n) is 1.93. The zero-order chi connectivity index (χ0) is 11.1. The molecule has 14 heavy (non-hydrogen) atoms. The summed E-state index contributed by atoms with van der Waals surface area (Å²) >= 11 is 0. The van der Waals surface area contributed by atoms with Crippen molar-refractivity contribution in [3.8, 4) is 0 Å². The van der Waals surface area contributed by atoms with Crippen LogP contribution < -0.4 is 0 Å². The lowest BCUT2D eigenvalue weighted by Gasteiger charge is -2.33. The molecule has 0 aliphatic rings. The maximum atomic E-state index is 2.51. The van der Waals surface area contributed by atoms with Crippen molar-refractivity contribution >= 4 is 0 Å². The molecule has 0 bridgehead atoms. The second-order valence-electron chi connectivity index (χ2n) is 4.78. The second-order valence-corrected chi connectivity index (χ2v) is 4.78. The summed E-state index contributed by atoms with van der Waals surface area (Å²) in [6, 6.07) is 0.778. The molecule has 0 aliphatic carbocycles. The van der Waals surface area contributed by atoms with Crippen LogP contribution in [0.4, 0.5) is 0 Å². The molecule has 3 atom stereocenters. The van der Waals surface area contributed by atoms with Gasteiger partial charge in [0.1, 0.15) is 0 Å². The zero-order valence-electron chi connectivity index (χ0n) is 11.0. The van der Waals surface area contributed by atoms with Crippen LogP contribution in [0.2, 0.25) is 0 Å². The molecular formula is C13H29N. The largest absolute Gasteiger partial charge is 0.303 e. The van der Waals surface area contributed by atoms with Gasteiger partial charge in [0.25, 0.3) is 0 Å². The Balaban J connectivity index is 4.23. The number of rotatable bonds is 7. The summed E-state index contributed by atoms with van der Waals surface area (Å²) in [7, 11) is 2.26. The third-order valence-corrected chi connectivity index (χ3v) is 3.71. The van der Waals surface area contributed by atoms with Gasteiger partial charge >= 0.3 is 0 Å². The Bertz CT molecular complexity index is 123. The van der Waals surface area contributed by atoms with Gasteiger partial charge in [0.15, 0.2) is 0 Å². The fourth-order valence-corrected chi connectivity index (χ4v) is 1.93. The van der Waals surface area contributed by atoms with E-state index in [1.807, 2.05) is 0 Å². The van der Waals surface area contributed by atoms with Crippen molar-refractivity contribution in [3.05, 3.63) is 0 Å². The van der Waals surface area contributed by atoms with Gasteiger partial charge in [-0.2, -0.15) is 0 Å². The molecule has 86 valence electrons. The lowest BCUT2D eigenvalue weighted by atomic mass is 9.89. The normalized spacial score (nSPS) is 18.2. The van der Waals surface area contributed by atoms with Crippen LogP contribution in [-0.2, 0) is 0 Å². The van der Waals surface area contributed by atoms with E-state index >= 15 is 0 Å². The average Bonchev–Trinajstić information content (AvgIpc) is 2.23. The van der Waals surface area contributed by atoms with Crippen molar-refractivity contribution in [2.24, 2.45) is 11.8 Å². The van der Waals surface area contributed by atoms with E-state index in [0.717, 1.165) is 17.9 Å². The van der Waals surface area contributed by atoms with E-state index in [2.05, 4.69) is 46.6 Å². The van der Waals surface area contributed by atoms with Crippen LogP contribution in [0.15, 0.2) is 0 Å². The highest BCUT2D eigenvalue weighted by Gasteiger charge is 2.21. The van der Waals surface area contributed by atoms with Crippen molar-refractivity contribution in [2.45, 2.75) is 59.9 Å². The molecule has 0 aromatic carbocycles. The van der Waals surface area contributed by atoms with Crippen LogP contribution in [0.3, 0.4) is 0 Å². The minimum Gasteiger partial charge on any atom is -0.303 e. The van der Waals surface area contributed by atoms with E-state index in [-0.39, 0.29) is 0 Å². The average molecular weight is 199 g/mol. The number of hydrogen-bond donors (Lipinski definition) is 0. The summed E-state index contributed by atoms with van der Waals surface area (Å²) in [5, 5.41) is 0. The maximum Gasteiger partial charge on any atom is 0.0120 e. The van der Waals surface area contributed by atoms with Gasteiger partial charge in [0.2, 0.25) is 0 Å². The smallest absolute Gasteiger partial charge is 0.0120 e. The molecule has 0 amide bonds. The molecule has 0 radical (unpaired) electrons.